The molecular formula is C16H23N3O. The van der Waals surface area contributed by atoms with Gasteiger partial charge in [-0.3, -0.25) is 0 Å². The van der Waals surface area contributed by atoms with Gasteiger partial charge in [-0.2, -0.15) is 5.26 Å². The lowest BCUT2D eigenvalue weighted by atomic mass is 10.2. The average Bonchev–Trinajstić information content (AvgIpc) is 2.69. The lowest BCUT2D eigenvalue weighted by Gasteiger charge is -2.19. The molecule has 1 aromatic rings. The Hall–Kier alpha value is -1.57. The molecule has 0 bridgehead atoms. The van der Waals surface area contributed by atoms with E-state index in [0.717, 1.165) is 38.4 Å². The summed E-state index contributed by atoms with van der Waals surface area (Å²) in [6.07, 6.45) is 2.30. The Morgan fingerprint density at radius 3 is 2.70 bits per heavy atom. The van der Waals surface area contributed by atoms with Crippen LogP contribution in [0.5, 0.6) is 5.75 Å². The van der Waals surface area contributed by atoms with E-state index in [-0.39, 0.29) is 0 Å². The number of rotatable bonds is 5. The fraction of sp³-hybridized carbons (Fsp3) is 0.562. The van der Waals surface area contributed by atoms with Crippen LogP contribution in [0.4, 0.5) is 0 Å². The quantitative estimate of drug-likeness (QED) is 0.769. The summed E-state index contributed by atoms with van der Waals surface area (Å²) in [6.45, 7) is 6.56. The number of nitriles is 1. The minimum Gasteiger partial charge on any atom is -0.494 e. The monoisotopic (exact) mass is 273 g/mol. The molecule has 0 saturated carbocycles. The van der Waals surface area contributed by atoms with E-state index in [2.05, 4.69) is 22.9 Å². The van der Waals surface area contributed by atoms with E-state index in [0.29, 0.717) is 5.56 Å². The standard InChI is InChI=1S/C16H23N3O/c1-18-8-2-9-19(12-11-18)10-3-13-20-16-6-4-15(14-17)5-7-16/h4-7H,2-3,8-13H2,1H3. The zero-order chi connectivity index (χ0) is 14.2. The molecule has 108 valence electrons. The molecule has 0 N–H and O–H groups in total. The van der Waals surface area contributed by atoms with Gasteiger partial charge in [0.2, 0.25) is 0 Å². The number of likely N-dealkylation sites (N-methyl/N-ethyl adjacent to an activating group) is 1. The van der Waals surface area contributed by atoms with Crippen LogP contribution >= 0.6 is 0 Å². The van der Waals surface area contributed by atoms with Crippen molar-refractivity contribution >= 4 is 0 Å². The maximum atomic E-state index is 8.73. The summed E-state index contributed by atoms with van der Waals surface area (Å²) in [5.41, 5.74) is 0.672. The fourth-order valence-corrected chi connectivity index (χ4v) is 2.43. The van der Waals surface area contributed by atoms with Crippen molar-refractivity contribution in [2.75, 3.05) is 46.4 Å². The van der Waals surface area contributed by atoms with Crippen molar-refractivity contribution in [2.24, 2.45) is 0 Å². The normalized spacial score (nSPS) is 17.4. The lowest BCUT2D eigenvalue weighted by molar-refractivity contribution is 0.237. The van der Waals surface area contributed by atoms with E-state index < -0.39 is 0 Å². The molecule has 4 nitrogen and oxygen atoms in total. The van der Waals surface area contributed by atoms with Crippen LogP contribution < -0.4 is 4.74 Å². The summed E-state index contributed by atoms with van der Waals surface area (Å²) >= 11 is 0. The number of hydrogen-bond donors (Lipinski definition) is 0. The second-order valence-corrected chi connectivity index (χ2v) is 5.34. The fourth-order valence-electron chi connectivity index (χ4n) is 2.43. The molecule has 1 aliphatic heterocycles. The van der Waals surface area contributed by atoms with Gasteiger partial charge in [0.1, 0.15) is 5.75 Å². The Morgan fingerprint density at radius 1 is 1.15 bits per heavy atom. The van der Waals surface area contributed by atoms with Gasteiger partial charge in [-0.1, -0.05) is 0 Å². The molecular weight excluding hydrogens is 250 g/mol. The lowest BCUT2D eigenvalue weighted by Crippen LogP contribution is -2.30. The molecule has 1 saturated heterocycles. The Kier molecular flexibility index (Phi) is 5.85. The highest BCUT2D eigenvalue weighted by molar-refractivity contribution is 5.34. The van der Waals surface area contributed by atoms with Crippen LogP contribution in [0, 0.1) is 11.3 Å². The third kappa shape index (κ3) is 4.84. The second-order valence-electron chi connectivity index (χ2n) is 5.34. The second kappa shape index (κ2) is 7.88. The molecule has 0 atom stereocenters. The molecule has 1 aliphatic rings. The zero-order valence-corrected chi connectivity index (χ0v) is 12.2. The predicted octanol–water partition coefficient (Wildman–Crippen LogP) is 1.96. The van der Waals surface area contributed by atoms with Crippen LogP contribution in [0.3, 0.4) is 0 Å². The van der Waals surface area contributed by atoms with E-state index in [1.54, 1.807) is 12.1 Å². The van der Waals surface area contributed by atoms with Gasteiger partial charge in [-0.15, -0.1) is 0 Å². The van der Waals surface area contributed by atoms with Crippen LogP contribution in [-0.4, -0.2) is 56.2 Å². The van der Waals surface area contributed by atoms with Crippen molar-refractivity contribution in [2.45, 2.75) is 12.8 Å². The molecule has 2 rings (SSSR count). The average molecular weight is 273 g/mol. The van der Waals surface area contributed by atoms with Gasteiger partial charge in [0.25, 0.3) is 0 Å². The topological polar surface area (TPSA) is 39.5 Å². The van der Waals surface area contributed by atoms with Crippen LogP contribution in [0.2, 0.25) is 0 Å². The summed E-state index contributed by atoms with van der Waals surface area (Å²) in [4.78, 5) is 4.92. The number of benzene rings is 1. The highest BCUT2D eigenvalue weighted by atomic mass is 16.5. The van der Waals surface area contributed by atoms with Crippen molar-refractivity contribution < 1.29 is 4.74 Å². The van der Waals surface area contributed by atoms with Gasteiger partial charge in [0, 0.05) is 19.6 Å². The van der Waals surface area contributed by atoms with Gasteiger partial charge in [0.05, 0.1) is 18.2 Å². The molecule has 0 amide bonds. The molecule has 20 heavy (non-hydrogen) atoms. The highest BCUT2D eigenvalue weighted by Gasteiger charge is 2.11. The maximum absolute atomic E-state index is 8.73. The largest absolute Gasteiger partial charge is 0.494 e. The minimum atomic E-state index is 0.672. The van der Waals surface area contributed by atoms with E-state index in [9.17, 15) is 0 Å². The summed E-state index contributed by atoms with van der Waals surface area (Å²) in [5.74, 6) is 0.847. The molecule has 1 aromatic carbocycles. The van der Waals surface area contributed by atoms with E-state index in [4.69, 9.17) is 10.00 Å². The molecule has 0 radical (unpaired) electrons. The first-order valence-corrected chi connectivity index (χ1v) is 7.32. The van der Waals surface area contributed by atoms with Gasteiger partial charge < -0.3 is 14.5 Å². The number of nitrogens with zero attached hydrogens (tertiary/aromatic N) is 3. The van der Waals surface area contributed by atoms with Crippen molar-refractivity contribution in [1.29, 1.82) is 5.26 Å². The summed E-state index contributed by atoms with van der Waals surface area (Å²) < 4.78 is 5.70. The molecule has 4 heteroatoms. The summed E-state index contributed by atoms with van der Waals surface area (Å²) in [5, 5.41) is 8.73. The Balaban J connectivity index is 1.64. The van der Waals surface area contributed by atoms with Crippen LogP contribution in [-0.2, 0) is 0 Å². The van der Waals surface area contributed by atoms with Gasteiger partial charge in [-0.25, -0.2) is 0 Å². The highest BCUT2D eigenvalue weighted by Crippen LogP contribution is 2.12. The van der Waals surface area contributed by atoms with E-state index >= 15 is 0 Å². The smallest absolute Gasteiger partial charge is 0.119 e. The van der Waals surface area contributed by atoms with E-state index in [1.807, 2.05) is 12.1 Å². The summed E-state index contributed by atoms with van der Waals surface area (Å²) in [7, 11) is 2.19. The SMILES string of the molecule is CN1CCCN(CCCOc2ccc(C#N)cc2)CC1. The van der Waals surface area contributed by atoms with Crippen LogP contribution in [0.1, 0.15) is 18.4 Å². The van der Waals surface area contributed by atoms with Crippen LogP contribution in [0.25, 0.3) is 0 Å². The summed E-state index contributed by atoms with van der Waals surface area (Å²) in [6, 6.07) is 9.41. The zero-order valence-electron chi connectivity index (χ0n) is 12.2. The van der Waals surface area contributed by atoms with Crippen molar-refractivity contribution in [1.82, 2.24) is 9.80 Å². The first-order valence-electron chi connectivity index (χ1n) is 7.32. The van der Waals surface area contributed by atoms with Crippen LogP contribution in [0.15, 0.2) is 24.3 Å². The first-order chi connectivity index (χ1) is 9.78. The maximum Gasteiger partial charge on any atom is 0.119 e. The third-order valence-corrected chi connectivity index (χ3v) is 3.68. The van der Waals surface area contributed by atoms with Gasteiger partial charge >= 0.3 is 0 Å². The molecule has 1 fully saturated rings. The molecule has 0 spiro atoms. The molecule has 1 heterocycles. The van der Waals surface area contributed by atoms with Gasteiger partial charge in [-0.05, 0) is 57.2 Å². The number of ether oxygens (including phenoxy) is 1. The van der Waals surface area contributed by atoms with Gasteiger partial charge in [0.15, 0.2) is 0 Å². The first kappa shape index (κ1) is 14.8. The Bertz CT molecular complexity index is 438. The molecule has 0 aliphatic carbocycles. The predicted molar refractivity (Wildman–Crippen MR) is 79.8 cm³/mol. The Labute approximate surface area is 121 Å². The van der Waals surface area contributed by atoms with Crippen molar-refractivity contribution in [3.63, 3.8) is 0 Å². The van der Waals surface area contributed by atoms with E-state index in [1.165, 1.54) is 19.5 Å². The minimum absolute atomic E-state index is 0.672. The molecule has 0 unspecified atom stereocenters. The van der Waals surface area contributed by atoms with Crippen molar-refractivity contribution in [3.05, 3.63) is 29.8 Å². The third-order valence-electron chi connectivity index (χ3n) is 3.68. The van der Waals surface area contributed by atoms with Crippen molar-refractivity contribution in [3.8, 4) is 11.8 Å². The Morgan fingerprint density at radius 2 is 1.95 bits per heavy atom. The number of hydrogen-bond acceptors (Lipinski definition) is 4. The molecule has 0 aromatic heterocycles.